The maximum Gasteiger partial charge on any atom is 0.435 e. The van der Waals surface area contributed by atoms with Crippen LogP contribution in [0.4, 0.5) is 30.7 Å². The van der Waals surface area contributed by atoms with Crippen LogP contribution in [0.1, 0.15) is 30.0 Å². The summed E-state index contributed by atoms with van der Waals surface area (Å²) in [5.41, 5.74) is -6.68. The van der Waals surface area contributed by atoms with E-state index >= 15 is 0 Å². The molecule has 0 aromatic heterocycles. The van der Waals surface area contributed by atoms with Crippen LogP contribution in [-0.4, -0.2) is 36.2 Å². The van der Waals surface area contributed by atoms with E-state index in [1.54, 1.807) is 0 Å². The van der Waals surface area contributed by atoms with E-state index in [0.29, 0.717) is 37.1 Å². The van der Waals surface area contributed by atoms with Gasteiger partial charge in [0.25, 0.3) is 0 Å². The Labute approximate surface area is 138 Å². The lowest BCUT2D eigenvalue weighted by Crippen LogP contribution is -2.50. The molecule has 2 aliphatic rings. The SMILES string of the molecule is CC12CCN(C=O)C1Cc1cc(C(F)(C(F)(F)F)C(F)(F)F)ccc12. The summed E-state index contributed by atoms with van der Waals surface area (Å²) >= 11 is 0. The predicted molar refractivity (Wildman–Crippen MR) is 73.6 cm³/mol. The molecule has 0 N–H and O–H groups in total. The number of fused-ring (bicyclic) bond motifs is 3. The fourth-order valence-electron chi connectivity index (χ4n) is 4.06. The first-order valence-corrected chi connectivity index (χ1v) is 7.53. The van der Waals surface area contributed by atoms with Crippen LogP contribution in [0.5, 0.6) is 0 Å². The van der Waals surface area contributed by atoms with Crippen molar-refractivity contribution in [1.29, 1.82) is 0 Å². The van der Waals surface area contributed by atoms with Crippen LogP contribution in [0.25, 0.3) is 0 Å². The van der Waals surface area contributed by atoms with Crippen molar-refractivity contribution in [2.75, 3.05) is 6.54 Å². The second-order valence-corrected chi connectivity index (χ2v) is 6.76. The first-order chi connectivity index (χ1) is 11.4. The van der Waals surface area contributed by atoms with Crippen molar-refractivity contribution >= 4 is 6.41 Å². The molecule has 1 aliphatic heterocycles. The van der Waals surface area contributed by atoms with Crippen molar-refractivity contribution in [3.63, 3.8) is 0 Å². The van der Waals surface area contributed by atoms with Gasteiger partial charge in [-0.3, -0.25) is 4.79 Å². The van der Waals surface area contributed by atoms with Crippen LogP contribution in [0.15, 0.2) is 18.2 Å². The van der Waals surface area contributed by atoms with E-state index in [1.807, 2.05) is 6.92 Å². The van der Waals surface area contributed by atoms with Crippen LogP contribution in [0, 0.1) is 0 Å². The molecule has 0 spiro atoms. The lowest BCUT2D eigenvalue weighted by atomic mass is 9.80. The molecule has 25 heavy (non-hydrogen) atoms. The Bertz CT molecular complexity index is 697. The molecular formula is C16H14F7NO. The summed E-state index contributed by atoms with van der Waals surface area (Å²) in [5.74, 6) is 0. The minimum atomic E-state index is -6.13. The van der Waals surface area contributed by atoms with Gasteiger partial charge in [-0.05, 0) is 24.0 Å². The van der Waals surface area contributed by atoms with Gasteiger partial charge in [-0.15, -0.1) is 0 Å². The van der Waals surface area contributed by atoms with E-state index in [2.05, 4.69) is 0 Å². The van der Waals surface area contributed by atoms with E-state index < -0.39 is 29.0 Å². The molecule has 0 saturated carbocycles. The van der Waals surface area contributed by atoms with Crippen molar-refractivity contribution in [2.45, 2.75) is 49.2 Å². The monoisotopic (exact) mass is 369 g/mol. The van der Waals surface area contributed by atoms with Gasteiger partial charge >= 0.3 is 18.0 Å². The number of likely N-dealkylation sites (tertiary alicyclic amines) is 1. The average Bonchev–Trinajstić information content (AvgIpc) is 2.95. The molecule has 1 amide bonds. The van der Waals surface area contributed by atoms with E-state index in [1.165, 1.54) is 4.90 Å². The van der Waals surface area contributed by atoms with Gasteiger partial charge in [0.15, 0.2) is 0 Å². The maximum absolute atomic E-state index is 14.2. The smallest absolute Gasteiger partial charge is 0.341 e. The standard InChI is InChI=1S/C16H14F7NO/c1-13-4-5-24(8-25)12(13)7-9-6-10(2-3-11(9)13)14(17,15(18,19)20)16(21,22)23/h2-3,6,8,12H,4-5,7H2,1H3. The Kier molecular flexibility index (Phi) is 3.68. The number of amides is 1. The zero-order valence-electron chi connectivity index (χ0n) is 13.0. The largest absolute Gasteiger partial charge is 0.435 e. The number of carbonyl (C=O) groups excluding carboxylic acids is 1. The van der Waals surface area contributed by atoms with Crippen molar-refractivity contribution in [2.24, 2.45) is 0 Å². The number of rotatable bonds is 2. The van der Waals surface area contributed by atoms with Gasteiger partial charge in [0.05, 0.1) is 0 Å². The topological polar surface area (TPSA) is 20.3 Å². The quantitative estimate of drug-likeness (QED) is 0.570. The molecule has 138 valence electrons. The Balaban J connectivity index is 2.10. The number of hydrogen-bond donors (Lipinski definition) is 0. The number of nitrogens with zero attached hydrogens (tertiary/aromatic N) is 1. The predicted octanol–water partition coefficient (Wildman–Crippen LogP) is 4.02. The van der Waals surface area contributed by atoms with E-state index in [0.717, 1.165) is 6.07 Å². The van der Waals surface area contributed by atoms with Crippen molar-refractivity contribution < 1.29 is 35.5 Å². The van der Waals surface area contributed by atoms with Gasteiger partial charge in [-0.2, -0.15) is 26.3 Å². The molecule has 3 rings (SSSR count). The lowest BCUT2D eigenvalue weighted by Gasteiger charge is -2.31. The van der Waals surface area contributed by atoms with Crippen LogP contribution in [0.3, 0.4) is 0 Å². The molecule has 1 aliphatic carbocycles. The highest BCUT2D eigenvalue weighted by molar-refractivity contribution is 5.55. The molecule has 9 heteroatoms. The number of benzene rings is 1. The second-order valence-electron chi connectivity index (χ2n) is 6.76. The first kappa shape index (κ1) is 18.0. The van der Waals surface area contributed by atoms with Gasteiger partial charge in [-0.25, -0.2) is 4.39 Å². The number of alkyl halides is 7. The minimum Gasteiger partial charge on any atom is -0.341 e. The molecule has 2 nitrogen and oxygen atoms in total. The molecule has 1 aromatic carbocycles. The summed E-state index contributed by atoms with van der Waals surface area (Å²) in [4.78, 5) is 12.6. The van der Waals surface area contributed by atoms with Crippen molar-refractivity contribution in [1.82, 2.24) is 4.90 Å². The highest BCUT2D eigenvalue weighted by Gasteiger charge is 2.73. The summed E-state index contributed by atoms with van der Waals surface area (Å²) in [7, 11) is 0. The van der Waals surface area contributed by atoms with Crippen molar-refractivity contribution in [3.05, 3.63) is 34.9 Å². The second kappa shape index (κ2) is 5.11. The maximum atomic E-state index is 14.2. The number of carbonyl (C=O) groups is 1. The molecule has 0 radical (unpaired) electrons. The van der Waals surface area contributed by atoms with Crippen LogP contribution < -0.4 is 0 Å². The first-order valence-electron chi connectivity index (χ1n) is 7.53. The van der Waals surface area contributed by atoms with Crippen LogP contribution >= 0.6 is 0 Å². The third-order valence-electron chi connectivity index (χ3n) is 5.47. The third-order valence-corrected chi connectivity index (χ3v) is 5.47. The highest BCUT2D eigenvalue weighted by atomic mass is 19.4. The van der Waals surface area contributed by atoms with Gasteiger partial charge in [-0.1, -0.05) is 25.1 Å². The van der Waals surface area contributed by atoms with E-state index in [4.69, 9.17) is 0 Å². The fourth-order valence-corrected chi connectivity index (χ4v) is 4.06. The highest BCUT2D eigenvalue weighted by Crippen LogP contribution is 2.55. The molecule has 1 aromatic rings. The Morgan fingerprint density at radius 2 is 1.72 bits per heavy atom. The Hall–Kier alpha value is -1.80. The third kappa shape index (κ3) is 2.27. The Morgan fingerprint density at radius 1 is 1.12 bits per heavy atom. The van der Waals surface area contributed by atoms with Crippen LogP contribution in [0.2, 0.25) is 0 Å². The minimum absolute atomic E-state index is 0.101. The Morgan fingerprint density at radius 3 is 2.24 bits per heavy atom. The van der Waals surface area contributed by atoms with Gasteiger partial charge in [0, 0.05) is 23.6 Å². The van der Waals surface area contributed by atoms with Crippen molar-refractivity contribution in [3.8, 4) is 0 Å². The summed E-state index contributed by atoms with van der Waals surface area (Å²) in [6, 6.07) is 1.98. The fraction of sp³-hybridized carbons (Fsp3) is 0.562. The zero-order valence-corrected chi connectivity index (χ0v) is 13.0. The molecule has 0 bridgehead atoms. The molecule has 1 heterocycles. The van der Waals surface area contributed by atoms with Crippen LogP contribution in [-0.2, 0) is 22.3 Å². The summed E-state index contributed by atoms with van der Waals surface area (Å²) in [6.45, 7) is 2.27. The van der Waals surface area contributed by atoms with Gasteiger partial charge < -0.3 is 4.90 Å². The van der Waals surface area contributed by atoms with E-state index in [9.17, 15) is 35.5 Å². The number of hydrogen-bond acceptors (Lipinski definition) is 1. The lowest BCUT2D eigenvalue weighted by molar-refractivity contribution is -0.348. The summed E-state index contributed by atoms with van der Waals surface area (Å²) < 4.78 is 91.7. The zero-order chi connectivity index (χ0) is 18.8. The summed E-state index contributed by atoms with van der Waals surface area (Å²) in [6.07, 6.45) is -11.0. The molecule has 1 fully saturated rings. The molecule has 1 saturated heterocycles. The average molecular weight is 369 g/mol. The van der Waals surface area contributed by atoms with Gasteiger partial charge in [0.1, 0.15) is 0 Å². The van der Waals surface area contributed by atoms with E-state index in [-0.39, 0.29) is 18.0 Å². The van der Waals surface area contributed by atoms with Gasteiger partial charge in [0.2, 0.25) is 6.41 Å². The molecular weight excluding hydrogens is 355 g/mol. The number of halogens is 7. The normalized spacial score (nSPS) is 26.6. The summed E-state index contributed by atoms with van der Waals surface area (Å²) in [5, 5.41) is 0. The molecule has 2 unspecified atom stereocenters. The molecule has 2 atom stereocenters.